The number of nitrogens with zero attached hydrogens (tertiary/aromatic N) is 4. The Labute approximate surface area is 154 Å². The molecule has 0 aliphatic heterocycles. The molecule has 0 bridgehead atoms. The second-order valence-corrected chi connectivity index (χ2v) is 5.47. The van der Waals surface area contributed by atoms with Crippen LogP contribution in [-0.2, 0) is 6.54 Å². The number of methoxy groups -OCH3 is 2. The Hall–Kier alpha value is -2.89. The van der Waals surface area contributed by atoms with Crippen molar-refractivity contribution in [2.24, 2.45) is 0 Å². The minimum absolute atomic E-state index is 0.566. The van der Waals surface area contributed by atoms with Crippen molar-refractivity contribution in [1.29, 1.82) is 0 Å². The van der Waals surface area contributed by atoms with E-state index in [1.807, 2.05) is 50.6 Å². The highest BCUT2D eigenvalue weighted by atomic mass is 16.5. The fourth-order valence-electron chi connectivity index (χ4n) is 2.64. The first-order valence-corrected chi connectivity index (χ1v) is 8.67. The van der Waals surface area contributed by atoms with E-state index in [1.54, 1.807) is 20.4 Å². The van der Waals surface area contributed by atoms with Gasteiger partial charge in [-0.1, -0.05) is 44.2 Å². The van der Waals surface area contributed by atoms with Crippen molar-refractivity contribution in [3.8, 4) is 23.1 Å². The molecule has 2 aromatic heterocycles. The van der Waals surface area contributed by atoms with Crippen molar-refractivity contribution < 1.29 is 9.47 Å². The summed E-state index contributed by atoms with van der Waals surface area (Å²) in [7, 11) is 3.25. The van der Waals surface area contributed by atoms with Gasteiger partial charge >= 0.3 is 0 Å². The van der Waals surface area contributed by atoms with Crippen molar-refractivity contribution in [2.75, 3.05) is 14.2 Å². The molecule has 0 saturated carbocycles. The molecule has 0 unspecified atom stereocenters. The lowest BCUT2D eigenvalue weighted by Gasteiger charge is -2.06. The maximum absolute atomic E-state index is 5.55. The van der Waals surface area contributed by atoms with E-state index in [9.17, 15) is 0 Å². The lowest BCUT2D eigenvalue weighted by molar-refractivity contribution is 0.364. The molecular formula is C20H26N4O2. The second kappa shape index (κ2) is 8.99. The van der Waals surface area contributed by atoms with Crippen LogP contribution in [0.15, 0.2) is 36.5 Å². The first-order valence-electron chi connectivity index (χ1n) is 8.67. The first-order chi connectivity index (χ1) is 12.6. The average Bonchev–Trinajstić information content (AvgIpc) is 2.99. The van der Waals surface area contributed by atoms with Crippen molar-refractivity contribution in [2.45, 2.75) is 34.2 Å². The van der Waals surface area contributed by atoms with E-state index >= 15 is 0 Å². The molecule has 0 fully saturated rings. The number of hydrogen-bond donors (Lipinski definition) is 0. The van der Waals surface area contributed by atoms with E-state index in [-0.39, 0.29) is 0 Å². The first kappa shape index (κ1) is 19.4. The third-order valence-corrected chi connectivity index (χ3v) is 3.87. The van der Waals surface area contributed by atoms with E-state index < -0.39 is 0 Å². The molecule has 0 N–H and O–H groups in total. The molecule has 6 nitrogen and oxygen atoms in total. The molecule has 0 aliphatic carbocycles. The standard InChI is InChI=1S/C18H20N4O2.C2H6/c1-12-16(17-19-10-15(23-3)13(2)20-17)21-22(18(12)24-4)11-14-8-6-5-7-9-14;1-2/h5-10H,11H2,1-4H3;1-2H3. The highest BCUT2D eigenvalue weighted by molar-refractivity contribution is 5.58. The predicted octanol–water partition coefficient (Wildman–Crippen LogP) is 4.05. The molecule has 138 valence electrons. The molecule has 0 atom stereocenters. The van der Waals surface area contributed by atoms with Gasteiger partial charge in [-0.05, 0) is 19.4 Å². The topological polar surface area (TPSA) is 62.1 Å². The summed E-state index contributed by atoms with van der Waals surface area (Å²) in [5.74, 6) is 1.94. The molecule has 0 aliphatic rings. The third kappa shape index (κ3) is 4.02. The summed E-state index contributed by atoms with van der Waals surface area (Å²) < 4.78 is 12.6. The average molecular weight is 354 g/mol. The number of rotatable bonds is 5. The normalized spacial score (nSPS) is 10.1. The molecule has 0 amide bonds. The molecule has 2 heterocycles. The highest BCUT2D eigenvalue weighted by Crippen LogP contribution is 2.29. The Morgan fingerprint density at radius 3 is 2.27 bits per heavy atom. The Kier molecular flexibility index (Phi) is 6.72. The monoisotopic (exact) mass is 354 g/mol. The van der Waals surface area contributed by atoms with Gasteiger partial charge in [0.1, 0.15) is 5.69 Å². The van der Waals surface area contributed by atoms with Crippen molar-refractivity contribution >= 4 is 0 Å². The zero-order chi connectivity index (χ0) is 19.1. The van der Waals surface area contributed by atoms with Crippen LogP contribution in [0.5, 0.6) is 11.6 Å². The van der Waals surface area contributed by atoms with Crippen LogP contribution in [0.3, 0.4) is 0 Å². The van der Waals surface area contributed by atoms with Crippen molar-refractivity contribution in [3.63, 3.8) is 0 Å². The van der Waals surface area contributed by atoms with Gasteiger partial charge in [-0.2, -0.15) is 5.10 Å². The summed E-state index contributed by atoms with van der Waals surface area (Å²) in [6, 6.07) is 10.1. The van der Waals surface area contributed by atoms with Crippen molar-refractivity contribution in [3.05, 3.63) is 53.3 Å². The highest BCUT2D eigenvalue weighted by Gasteiger charge is 2.19. The zero-order valence-electron chi connectivity index (χ0n) is 16.3. The fourth-order valence-corrected chi connectivity index (χ4v) is 2.64. The number of hydrogen-bond acceptors (Lipinski definition) is 5. The molecular weight excluding hydrogens is 328 g/mol. The number of benzene rings is 1. The summed E-state index contributed by atoms with van der Waals surface area (Å²) in [5.41, 5.74) is 3.56. The Morgan fingerprint density at radius 2 is 1.69 bits per heavy atom. The lowest BCUT2D eigenvalue weighted by atomic mass is 10.2. The second-order valence-electron chi connectivity index (χ2n) is 5.47. The zero-order valence-corrected chi connectivity index (χ0v) is 16.3. The van der Waals surface area contributed by atoms with Gasteiger partial charge in [0.25, 0.3) is 0 Å². The Morgan fingerprint density at radius 1 is 1.00 bits per heavy atom. The fraction of sp³-hybridized carbons (Fsp3) is 0.350. The summed E-state index contributed by atoms with van der Waals surface area (Å²) in [5, 5.41) is 4.67. The number of aryl methyl sites for hydroxylation is 1. The van der Waals surface area contributed by atoms with Gasteiger partial charge in [-0.25, -0.2) is 14.6 Å². The van der Waals surface area contributed by atoms with Crippen LogP contribution >= 0.6 is 0 Å². The van der Waals surface area contributed by atoms with E-state index in [2.05, 4.69) is 27.2 Å². The van der Waals surface area contributed by atoms with E-state index in [4.69, 9.17) is 9.47 Å². The van der Waals surface area contributed by atoms with Crippen LogP contribution in [0, 0.1) is 13.8 Å². The molecule has 0 radical (unpaired) electrons. The molecule has 0 saturated heterocycles. The van der Waals surface area contributed by atoms with Gasteiger partial charge in [0.05, 0.1) is 32.7 Å². The van der Waals surface area contributed by atoms with Gasteiger partial charge < -0.3 is 9.47 Å². The van der Waals surface area contributed by atoms with Gasteiger partial charge in [-0.3, -0.25) is 0 Å². The van der Waals surface area contributed by atoms with E-state index in [0.29, 0.717) is 29.7 Å². The maximum atomic E-state index is 5.55. The van der Waals surface area contributed by atoms with Crippen LogP contribution in [0.2, 0.25) is 0 Å². The van der Waals surface area contributed by atoms with Gasteiger partial charge in [0.2, 0.25) is 5.88 Å². The van der Waals surface area contributed by atoms with Crippen LogP contribution in [0.4, 0.5) is 0 Å². The molecule has 26 heavy (non-hydrogen) atoms. The van der Waals surface area contributed by atoms with Gasteiger partial charge in [0, 0.05) is 5.56 Å². The van der Waals surface area contributed by atoms with E-state index in [0.717, 1.165) is 16.8 Å². The van der Waals surface area contributed by atoms with Gasteiger partial charge in [0.15, 0.2) is 11.6 Å². The minimum atomic E-state index is 0.566. The van der Waals surface area contributed by atoms with Crippen LogP contribution < -0.4 is 9.47 Å². The molecule has 6 heteroatoms. The summed E-state index contributed by atoms with van der Waals surface area (Å²) in [4.78, 5) is 8.87. The van der Waals surface area contributed by atoms with Crippen LogP contribution in [0.1, 0.15) is 30.7 Å². The SMILES string of the molecule is CC.COc1cnc(-c2nn(Cc3ccccc3)c(OC)c2C)nc1C. The van der Waals surface area contributed by atoms with Crippen LogP contribution in [-0.4, -0.2) is 34.0 Å². The molecule has 3 aromatic rings. The number of ether oxygens (including phenoxy) is 2. The lowest BCUT2D eigenvalue weighted by Crippen LogP contribution is -2.04. The molecule has 0 spiro atoms. The largest absolute Gasteiger partial charge is 0.493 e. The summed E-state index contributed by atoms with van der Waals surface area (Å²) in [6.45, 7) is 8.48. The maximum Gasteiger partial charge on any atom is 0.215 e. The van der Waals surface area contributed by atoms with E-state index in [1.165, 1.54) is 0 Å². The summed E-state index contributed by atoms with van der Waals surface area (Å²) >= 11 is 0. The molecule has 3 rings (SSSR count). The van der Waals surface area contributed by atoms with Gasteiger partial charge in [-0.15, -0.1) is 0 Å². The quantitative estimate of drug-likeness (QED) is 0.692. The number of aromatic nitrogens is 4. The smallest absolute Gasteiger partial charge is 0.215 e. The minimum Gasteiger partial charge on any atom is -0.493 e. The van der Waals surface area contributed by atoms with Crippen LogP contribution in [0.25, 0.3) is 11.5 Å². The molecule has 1 aromatic carbocycles. The Bertz CT molecular complexity index is 845. The summed E-state index contributed by atoms with van der Waals surface area (Å²) in [6.07, 6.45) is 1.67. The third-order valence-electron chi connectivity index (χ3n) is 3.87. The predicted molar refractivity (Wildman–Crippen MR) is 103 cm³/mol. The Balaban J connectivity index is 0.00000117. The van der Waals surface area contributed by atoms with Crippen molar-refractivity contribution in [1.82, 2.24) is 19.7 Å².